The summed E-state index contributed by atoms with van der Waals surface area (Å²) in [6.07, 6.45) is 6.38. The molecule has 3 rings (SSSR count). The van der Waals surface area contributed by atoms with Crippen LogP contribution in [0.15, 0.2) is 0 Å². The van der Waals surface area contributed by atoms with Crippen molar-refractivity contribution in [1.29, 1.82) is 0 Å². The van der Waals surface area contributed by atoms with Crippen LogP contribution in [0.1, 0.15) is 44.9 Å². The highest BCUT2D eigenvalue weighted by Gasteiger charge is 2.44. The molecule has 118 valence electrons. The average molecular weight is 294 g/mol. The highest BCUT2D eigenvalue weighted by molar-refractivity contribution is 5.80. The van der Waals surface area contributed by atoms with E-state index in [0.717, 1.165) is 51.6 Å². The van der Waals surface area contributed by atoms with E-state index in [1.807, 2.05) is 16.8 Å². The maximum absolute atomic E-state index is 12.7. The summed E-state index contributed by atoms with van der Waals surface area (Å²) in [6.45, 7) is 2.98. The second-order valence-corrected chi connectivity index (χ2v) is 6.78. The Hall–Kier alpha value is -1.10. The fourth-order valence-corrected chi connectivity index (χ4v) is 4.15. The molecule has 0 N–H and O–H groups in total. The second kappa shape index (κ2) is 5.95. The molecule has 1 spiro atoms. The van der Waals surface area contributed by atoms with Crippen molar-refractivity contribution >= 4 is 11.8 Å². The van der Waals surface area contributed by atoms with Crippen molar-refractivity contribution in [1.82, 2.24) is 9.80 Å². The minimum Gasteiger partial charge on any atom is -0.381 e. The third-order valence-corrected chi connectivity index (χ3v) is 5.56. The summed E-state index contributed by atoms with van der Waals surface area (Å²) in [5.41, 5.74) is -0.103. The standard InChI is InChI=1S/C16H26N2O3/c1-17-14(19)4-2-7-16(17)8-3-9-18(12-16)15(20)13-5-10-21-11-6-13/h13H,2-12H2,1H3/t16-/m0/s1. The Kier molecular flexibility index (Phi) is 4.20. The number of ether oxygens (including phenoxy) is 1. The molecule has 21 heavy (non-hydrogen) atoms. The first-order valence-corrected chi connectivity index (χ1v) is 8.26. The van der Waals surface area contributed by atoms with Gasteiger partial charge >= 0.3 is 0 Å². The van der Waals surface area contributed by atoms with Crippen molar-refractivity contribution in [2.24, 2.45) is 5.92 Å². The Bertz CT molecular complexity index is 416. The Morgan fingerprint density at radius 3 is 2.71 bits per heavy atom. The lowest BCUT2D eigenvalue weighted by molar-refractivity contribution is -0.151. The van der Waals surface area contributed by atoms with Crippen LogP contribution in [0.3, 0.4) is 0 Å². The fraction of sp³-hybridized carbons (Fsp3) is 0.875. The molecule has 5 nitrogen and oxygen atoms in total. The first-order valence-electron chi connectivity index (χ1n) is 8.26. The van der Waals surface area contributed by atoms with Crippen molar-refractivity contribution in [3.05, 3.63) is 0 Å². The van der Waals surface area contributed by atoms with Gasteiger partial charge in [0.25, 0.3) is 0 Å². The molecule has 3 saturated heterocycles. The monoisotopic (exact) mass is 294 g/mol. The largest absolute Gasteiger partial charge is 0.381 e. The molecule has 5 heteroatoms. The van der Waals surface area contributed by atoms with E-state index in [2.05, 4.69) is 0 Å². The van der Waals surface area contributed by atoms with Gasteiger partial charge in [0, 0.05) is 45.7 Å². The molecule has 3 heterocycles. The van der Waals surface area contributed by atoms with Gasteiger partial charge in [-0.25, -0.2) is 0 Å². The molecule has 1 atom stereocenters. The number of hydrogen-bond acceptors (Lipinski definition) is 3. The van der Waals surface area contributed by atoms with Gasteiger partial charge in [-0.05, 0) is 38.5 Å². The van der Waals surface area contributed by atoms with Gasteiger partial charge in [0.1, 0.15) is 0 Å². The number of likely N-dealkylation sites (tertiary alicyclic amines) is 2. The van der Waals surface area contributed by atoms with Gasteiger partial charge in [0.15, 0.2) is 0 Å². The van der Waals surface area contributed by atoms with Crippen LogP contribution in [0.2, 0.25) is 0 Å². The zero-order chi connectivity index (χ0) is 14.9. The lowest BCUT2D eigenvalue weighted by Crippen LogP contribution is -2.62. The molecule has 3 aliphatic rings. The number of carbonyl (C=O) groups excluding carboxylic acids is 2. The highest BCUT2D eigenvalue weighted by atomic mass is 16.5. The number of carbonyl (C=O) groups is 2. The molecule has 0 bridgehead atoms. The smallest absolute Gasteiger partial charge is 0.225 e. The van der Waals surface area contributed by atoms with E-state index in [1.54, 1.807) is 0 Å². The Balaban J connectivity index is 1.70. The Labute approximate surface area is 126 Å². The molecule has 0 aromatic rings. The number of rotatable bonds is 1. The third-order valence-electron chi connectivity index (χ3n) is 5.56. The van der Waals surface area contributed by atoms with Crippen molar-refractivity contribution in [3.8, 4) is 0 Å². The lowest BCUT2D eigenvalue weighted by Gasteiger charge is -2.51. The molecule has 0 saturated carbocycles. The lowest BCUT2D eigenvalue weighted by atomic mass is 9.79. The summed E-state index contributed by atoms with van der Waals surface area (Å²) in [4.78, 5) is 28.7. The van der Waals surface area contributed by atoms with Crippen LogP contribution in [-0.4, -0.2) is 60.5 Å². The number of nitrogens with zero attached hydrogens (tertiary/aromatic N) is 2. The molecular weight excluding hydrogens is 268 g/mol. The van der Waals surface area contributed by atoms with Crippen molar-refractivity contribution < 1.29 is 14.3 Å². The molecule has 0 radical (unpaired) electrons. The maximum atomic E-state index is 12.7. The Morgan fingerprint density at radius 1 is 1.24 bits per heavy atom. The fourth-order valence-electron chi connectivity index (χ4n) is 4.15. The van der Waals surface area contributed by atoms with Gasteiger partial charge in [-0.1, -0.05) is 0 Å². The van der Waals surface area contributed by atoms with Crippen molar-refractivity contribution in [2.45, 2.75) is 50.5 Å². The summed E-state index contributed by atoms with van der Waals surface area (Å²) < 4.78 is 5.35. The third kappa shape index (κ3) is 2.80. The summed E-state index contributed by atoms with van der Waals surface area (Å²) in [5, 5.41) is 0. The van der Waals surface area contributed by atoms with Gasteiger partial charge in [-0.2, -0.15) is 0 Å². The summed E-state index contributed by atoms with van der Waals surface area (Å²) in [5.74, 6) is 0.643. The zero-order valence-corrected chi connectivity index (χ0v) is 13.0. The van der Waals surface area contributed by atoms with Gasteiger partial charge in [0.2, 0.25) is 11.8 Å². The van der Waals surface area contributed by atoms with Gasteiger partial charge in [-0.15, -0.1) is 0 Å². The quantitative estimate of drug-likeness (QED) is 0.735. The van der Waals surface area contributed by atoms with E-state index in [1.165, 1.54) is 0 Å². The number of piperidine rings is 2. The first-order chi connectivity index (χ1) is 10.1. The predicted octanol–water partition coefficient (Wildman–Crippen LogP) is 1.42. The van der Waals surface area contributed by atoms with E-state index >= 15 is 0 Å². The van der Waals surface area contributed by atoms with Gasteiger partial charge in [-0.3, -0.25) is 9.59 Å². The molecular formula is C16H26N2O3. The minimum atomic E-state index is -0.103. The molecule has 0 aromatic heterocycles. The normalized spacial score (nSPS) is 31.8. The average Bonchev–Trinajstić information content (AvgIpc) is 2.53. The first kappa shape index (κ1) is 14.8. The van der Waals surface area contributed by atoms with Crippen LogP contribution in [0, 0.1) is 5.92 Å². The molecule has 3 fully saturated rings. The molecule has 2 amide bonds. The second-order valence-electron chi connectivity index (χ2n) is 6.78. The number of likely N-dealkylation sites (N-methyl/N-ethyl adjacent to an activating group) is 1. The van der Waals surface area contributed by atoms with E-state index in [0.29, 0.717) is 19.6 Å². The van der Waals surface area contributed by atoms with Crippen LogP contribution in [0.25, 0.3) is 0 Å². The minimum absolute atomic E-state index is 0.103. The molecule has 3 aliphatic heterocycles. The van der Waals surface area contributed by atoms with Gasteiger partial charge < -0.3 is 14.5 Å². The van der Waals surface area contributed by atoms with Crippen LogP contribution in [0.5, 0.6) is 0 Å². The summed E-state index contributed by atoms with van der Waals surface area (Å²) >= 11 is 0. The summed E-state index contributed by atoms with van der Waals surface area (Å²) in [6, 6.07) is 0. The number of amides is 2. The van der Waals surface area contributed by atoms with Crippen molar-refractivity contribution in [3.63, 3.8) is 0 Å². The van der Waals surface area contributed by atoms with Crippen LogP contribution < -0.4 is 0 Å². The van der Waals surface area contributed by atoms with Crippen molar-refractivity contribution in [2.75, 3.05) is 33.4 Å². The van der Waals surface area contributed by atoms with E-state index < -0.39 is 0 Å². The predicted molar refractivity (Wildman–Crippen MR) is 78.7 cm³/mol. The zero-order valence-electron chi connectivity index (χ0n) is 13.0. The summed E-state index contributed by atoms with van der Waals surface area (Å²) in [7, 11) is 1.92. The van der Waals surface area contributed by atoms with E-state index in [4.69, 9.17) is 4.74 Å². The van der Waals surface area contributed by atoms with Crippen LogP contribution >= 0.6 is 0 Å². The van der Waals surface area contributed by atoms with Crippen LogP contribution in [-0.2, 0) is 14.3 Å². The Morgan fingerprint density at radius 2 is 1.95 bits per heavy atom. The molecule has 0 aliphatic carbocycles. The SMILES string of the molecule is CN1C(=O)CCC[C@@]12CCCN(C(=O)C1CCOCC1)C2. The molecule has 0 aromatic carbocycles. The topological polar surface area (TPSA) is 49.9 Å². The maximum Gasteiger partial charge on any atom is 0.225 e. The number of hydrogen-bond donors (Lipinski definition) is 0. The van der Waals surface area contributed by atoms with E-state index in [9.17, 15) is 9.59 Å². The molecule has 0 unspecified atom stereocenters. The van der Waals surface area contributed by atoms with Gasteiger partial charge in [0.05, 0.1) is 5.54 Å². The van der Waals surface area contributed by atoms with Crippen LogP contribution in [0.4, 0.5) is 0 Å². The highest BCUT2D eigenvalue weighted by Crippen LogP contribution is 2.36. The van der Waals surface area contributed by atoms with E-state index in [-0.39, 0.29) is 23.3 Å².